The van der Waals surface area contributed by atoms with Gasteiger partial charge in [0.1, 0.15) is 11.8 Å². The van der Waals surface area contributed by atoms with Gasteiger partial charge in [0.05, 0.1) is 18.0 Å². The van der Waals surface area contributed by atoms with E-state index < -0.39 is 6.10 Å². The Morgan fingerprint density at radius 2 is 1.75 bits per heavy atom. The van der Waals surface area contributed by atoms with Crippen LogP contribution in [0, 0.1) is 20.4 Å². The van der Waals surface area contributed by atoms with Crippen LogP contribution in [0.1, 0.15) is 39.0 Å². The zero-order valence-electron chi connectivity index (χ0n) is 17.8. The van der Waals surface area contributed by atoms with E-state index in [4.69, 9.17) is 6.57 Å². The van der Waals surface area contributed by atoms with Gasteiger partial charge in [-0.1, -0.05) is 54.1 Å². The lowest BCUT2D eigenvalue weighted by Gasteiger charge is -2.14. The lowest BCUT2D eigenvalue weighted by molar-refractivity contribution is 0.101. The number of nitrogens with one attached hydrogen (secondary N) is 1. The van der Waals surface area contributed by atoms with Crippen LogP contribution in [0.2, 0.25) is 0 Å². The molecule has 6 nitrogen and oxygen atoms in total. The van der Waals surface area contributed by atoms with Crippen molar-refractivity contribution in [3.05, 3.63) is 118 Å². The number of nitrogens with zero attached hydrogens (tertiary/aromatic N) is 3. The molecule has 2 N–H and O–H groups in total. The van der Waals surface area contributed by atoms with Gasteiger partial charge in [-0.2, -0.15) is 5.10 Å². The molecular weight excluding hydrogens is 400 g/mol. The molecule has 1 unspecified atom stereocenters. The van der Waals surface area contributed by atoms with E-state index in [1.807, 2.05) is 44.2 Å². The molecule has 1 atom stereocenters. The van der Waals surface area contributed by atoms with Gasteiger partial charge in [0, 0.05) is 5.69 Å². The summed E-state index contributed by atoms with van der Waals surface area (Å²) in [6.45, 7) is 11.0. The number of aliphatic hydroxyl groups is 1. The number of carbonyl (C=O) groups is 1. The van der Waals surface area contributed by atoms with Crippen LogP contribution in [0.15, 0.2) is 78.9 Å². The fourth-order valence-electron chi connectivity index (χ4n) is 3.48. The van der Waals surface area contributed by atoms with Crippen molar-refractivity contribution in [2.45, 2.75) is 20.0 Å². The average molecular weight is 422 g/mol. The maximum Gasteiger partial charge on any atom is 0.274 e. The van der Waals surface area contributed by atoms with Gasteiger partial charge in [-0.15, -0.1) is 0 Å². The van der Waals surface area contributed by atoms with E-state index in [1.54, 1.807) is 48.5 Å². The SMILES string of the molecule is [C-]#[N+]c1cccc(-n2nc(C)cc2C(=O)Nc2cccc(C(O)c3ccc(C)cc3)c2)c1. The molecule has 1 aromatic heterocycles. The second-order valence-corrected chi connectivity index (χ2v) is 7.61. The Kier molecular flexibility index (Phi) is 5.84. The normalized spacial score (nSPS) is 11.6. The van der Waals surface area contributed by atoms with Crippen LogP contribution in [-0.2, 0) is 0 Å². The van der Waals surface area contributed by atoms with Crippen LogP contribution >= 0.6 is 0 Å². The van der Waals surface area contributed by atoms with Gasteiger partial charge in [-0.3, -0.25) is 4.79 Å². The van der Waals surface area contributed by atoms with Gasteiger partial charge in [0.2, 0.25) is 0 Å². The van der Waals surface area contributed by atoms with Crippen molar-refractivity contribution in [1.82, 2.24) is 9.78 Å². The number of hydrogen-bond acceptors (Lipinski definition) is 3. The maximum absolute atomic E-state index is 13.1. The Morgan fingerprint density at radius 1 is 1.00 bits per heavy atom. The third-order valence-corrected chi connectivity index (χ3v) is 5.12. The van der Waals surface area contributed by atoms with Gasteiger partial charge in [-0.25, -0.2) is 9.53 Å². The van der Waals surface area contributed by atoms with E-state index in [1.165, 1.54) is 4.68 Å². The third-order valence-electron chi connectivity index (χ3n) is 5.12. The summed E-state index contributed by atoms with van der Waals surface area (Å²) in [5.41, 5.74) is 5.31. The van der Waals surface area contributed by atoms with Crippen molar-refractivity contribution >= 4 is 17.3 Å². The molecule has 0 saturated carbocycles. The van der Waals surface area contributed by atoms with Crippen LogP contribution in [-0.4, -0.2) is 20.8 Å². The smallest absolute Gasteiger partial charge is 0.274 e. The Labute approximate surface area is 186 Å². The molecule has 0 aliphatic carbocycles. The lowest BCUT2D eigenvalue weighted by Crippen LogP contribution is -2.17. The van der Waals surface area contributed by atoms with Crippen molar-refractivity contribution in [3.63, 3.8) is 0 Å². The summed E-state index contributed by atoms with van der Waals surface area (Å²) in [5, 5.41) is 18.1. The molecule has 3 aromatic carbocycles. The van der Waals surface area contributed by atoms with Crippen LogP contribution in [0.5, 0.6) is 0 Å². The number of benzene rings is 3. The largest absolute Gasteiger partial charge is 0.384 e. The first-order chi connectivity index (χ1) is 15.4. The first kappa shape index (κ1) is 21.0. The molecule has 0 spiro atoms. The zero-order chi connectivity index (χ0) is 22.7. The molecule has 158 valence electrons. The molecule has 0 saturated heterocycles. The van der Waals surface area contributed by atoms with Gasteiger partial charge in [-0.05, 0) is 55.3 Å². The molecule has 0 aliphatic heterocycles. The van der Waals surface area contributed by atoms with E-state index in [2.05, 4.69) is 15.3 Å². The number of aliphatic hydroxyl groups excluding tert-OH is 1. The second kappa shape index (κ2) is 8.88. The summed E-state index contributed by atoms with van der Waals surface area (Å²) in [5.74, 6) is -0.333. The predicted octanol–water partition coefficient (Wildman–Crippen LogP) is 5.37. The van der Waals surface area contributed by atoms with Crippen LogP contribution in [0.25, 0.3) is 10.5 Å². The highest BCUT2D eigenvalue weighted by Gasteiger charge is 2.17. The molecule has 0 aliphatic rings. The highest BCUT2D eigenvalue weighted by atomic mass is 16.3. The summed E-state index contributed by atoms with van der Waals surface area (Å²) in [6.07, 6.45) is -0.795. The second-order valence-electron chi connectivity index (χ2n) is 7.61. The summed E-state index contributed by atoms with van der Waals surface area (Å²) >= 11 is 0. The Morgan fingerprint density at radius 3 is 2.50 bits per heavy atom. The van der Waals surface area contributed by atoms with Gasteiger partial charge in [0.15, 0.2) is 5.69 Å². The summed E-state index contributed by atoms with van der Waals surface area (Å²) in [4.78, 5) is 16.5. The van der Waals surface area contributed by atoms with Crippen molar-refractivity contribution < 1.29 is 9.90 Å². The molecule has 0 radical (unpaired) electrons. The number of hydrogen-bond donors (Lipinski definition) is 2. The number of aryl methyl sites for hydroxylation is 2. The highest BCUT2D eigenvalue weighted by Crippen LogP contribution is 2.25. The zero-order valence-corrected chi connectivity index (χ0v) is 17.8. The molecule has 1 heterocycles. The highest BCUT2D eigenvalue weighted by molar-refractivity contribution is 6.03. The fourth-order valence-corrected chi connectivity index (χ4v) is 3.48. The monoisotopic (exact) mass is 422 g/mol. The van der Waals surface area contributed by atoms with Crippen molar-refractivity contribution in [2.24, 2.45) is 0 Å². The Hall–Kier alpha value is -4.21. The molecular formula is C26H22N4O2. The quantitative estimate of drug-likeness (QED) is 0.425. The fraction of sp³-hybridized carbons (Fsp3) is 0.115. The third kappa shape index (κ3) is 4.43. The number of anilines is 1. The molecule has 4 aromatic rings. The average Bonchev–Trinajstić information content (AvgIpc) is 3.21. The number of aromatic nitrogens is 2. The Bertz CT molecular complexity index is 1320. The van der Waals surface area contributed by atoms with E-state index in [0.717, 1.165) is 11.1 Å². The molecule has 0 fully saturated rings. The minimum atomic E-state index is -0.795. The van der Waals surface area contributed by atoms with Gasteiger partial charge >= 0.3 is 0 Å². The number of rotatable bonds is 5. The minimum Gasteiger partial charge on any atom is -0.384 e. The van der Waals surface area contributed by atoms with E-state index >= 15 is 0 Å². The van der Waals surface area contributed by atoms with Crippen molar-refractivity contribution in [2.75, 3.05) is 5.32 Å². The van der Waals surface area contributed by atoms with Gasteiger partial charge in [0.25, 0.3) is 5.91 Å². The molecule has 4 rings (SSSR count). The summed E-state index contributed by atoms with van der Waals surface area (Å²) < 4.78 is 1.53. The van der Waals surface area contributed by atoms with E-state index in [-0.39, 0.29) is 5.91 Å². The standard InChI is InChI=1S/C26H22N4O2/c1-17-10-12-19(13-11-17)25(31)20-6-4-8-22(15-20)28-26(32)24-14-18(2)29-30(24)23-9-5-7-21(16-23)27-3/h4-16,25,31H,1-2H3,(H,28,32). The summed E-state index contributed by atoms with van der Waals surface area (Å²) in [6, 6.07) is 23.5. The topological polar surface area (TPSA) is 71.5 Å². The van der Waals surface area contributed by atoms with E-state index in [0.29, 0.717) is 34.0 Å². The molecule has 0 bridgehead atoms. The Balaban J connectivity index is 1.60. The maximum atomic E-state index is 13.1. The minimum absolute atomic E-state index is 0.333. The van der Waals surface area contributed by atoms with Crippen molar-refractivity contribution in [3.8, 4) is 5.69 Å². The molecule has 1 amide bonds. The number of amides is 1. The number of carbonyl (C=O) groups excluding carboxylic acids is 1. The molecule has 6 heteroatoms. The summed E-state index contributed by atoms with van der Waals surface area (Å²) in [7, 11) is 0. The van der Waals surface area contributed by atoms with Crippen LogP contribution in [0.4, 0.5) is 11.4 Å². The van der Waals surface area contributed by atoms with Crippen LogP contribution < -0.4 is 5.32 Å². The van der Waals surface area contributed by atoms with E-state index in [9.17, 15) is 9.90 Å². The first-order valence-corrected chi connectivity index (χ1v) is 10.1. The predicted molar refractivity (Wildman–Crippen MR) is 124 cm³/mol. The van der Waals surface area contributed by atoms with Crippen molar-refractivity contribution in [1.29, 1.82) is 0 Å². The first-order valence-electron chi connectivity index (χ1n) is 10.1. The lowest BCUT2D eigenvalue weighted by atomic mass is 10.00. The van der Waals surface area contributed by atoms with Gasteiger partial charge < -0.3 is 10.4 Å². The molecule has 32 heavy (non-hydrogen) atoms. The van der Waals surface area contributed by atoms with Crippen LogP contribution in [0.3, 0.4) is 0 Å².